The highest BCUT2D eigenvalue weighted by Gasteiger charge is 2.23. The first-order valence-electron chi connectivity index (χ1n) is 7.65. The van der Waals surface area contributed by atoms with Crippen molar-refractivity contribution in [3.05, 3.63) is 59.9 Å². The summed E-state index contributed by atoms with van der Waals surface area (Å²) in [4.78, 5) is 16.5. The average molecular weight is 313 g/mol. The van der Waals surface area contributed by atoms with Gasteiger partial charge in [-0.05, 0) is 50.1 Å². The lowest BCUT2D eigenvalue weighted by Gasteiger charge is -2.23. The van der Waals surface area contributed by atoms with Crippen LogP contribution in [-0.2, 0) is 9.53 Å². The van der Waals surface area contributed by atoms with Crippen molar-refractivity contribution >= 4 is 5.97 Å². The van der Waals surface area contributed by atoms with E-state index in [2.05, 4.69) is 4.98 Å². The van der Waals surface area contributed by atoms with Crippen LogP contribution in [0.1, 0.15) is 44.2 Å². The SMILES string of the molecule is COc1cccc(C(CC(=O)OC(C)(C)C)c2cccnc2)c1. The lowest BCUT2D eigenvalue weighted by atomic mass is 9.89. The van der Waals surface area contributed by atoms with E-state index in [0.717, 1.165) is 16.9 Å². The average Bonchev–Trinajstić information content (AvgIpc) is 2.52. The van der Waals surface area contributed by atoms with Crippen LogP contribution < -0.4 is 4.74 Å². The summed E-state index contributed by atoms with van der Waals surface area (Å²) in [6.07, 6.45) is 3.77. The van der Waals surface area contributed by atoms with Crippen molar-refractivity contribution in [2.75, 3.05) is 7.11 Å². The third kappa shape index (κ3) is 5.09. The van der Waals surface area contributed by atoms with Gasteiger partial charge in [0.2, 0.25) is 0 Å². The molecule has 1 heterocycles. The molecule has 0 aliphatic rings. The molecule has 4 heteroatoms. The second-order valence-corrected chi connectivity index (χ2v) is 6.41. The summed E-state index contributed by atoms with van der Waals surface area (Å²) in [7, 11) is 1.63. The fourth-order valence-corrected chi connectivity index (χ4v) is 2.42. The van der Waals surface area contributed by atoms with E-state index in [1.807, 2.05) is 57.2 Å². The van der Waals surface area contributed by atoms with Crippen LogP contribution in [-0.4, -0.2) is 23.7 Å². The number of esters is 1. The molecule has 1 atom stereocenters. The minimum Gasteiger partial charge on any atom is -0.497 e. The number of hydrogen-bond donors (Lipinski definition) is 0. The maximum Gasteiger partial charge on any atom is 0.307 e. The first-order chi connectivity index (χ1) is 10.9. The van der Waals surface area contributed by atoms with Crippen molar-refractivity contribution < 1.29 is 14.3 Å². The maximum atomic E-state index is 12.3. The third-order valence-electron chi connectivity index (χ3n) is 3.37. The highest BCUT2D eigenvalue weighted by Crippen LogP contribution is 2.30. The summed E-state index contributed by atoms with van der Waals surface area (Å²) in [6, 6.07) is 11.6. The van der Waals surface area contributed by atoms with Gasteiger partial charge in [0.05, 0.1) is 13.5 Å². The molecule has 23 heavy (non-hydrogen) atoms. The van der Waals surface area contributed by atoms with Crippen LogP contribution in [0.4, 0.5) is 0 Å². The number of nitrogens with zero attached hydrogens (tertiary/aromatic N) is 1. The van der Waals surface area contributed by atoms with Gasteiger partial charge in [-0.25, -0.2) is 0 Å². The Bertz CT molecular complexity index is 647. The van der Waals surface area contributed by atoms with Crippen molar-refractivity contribution in [2.45, 2.75) is 38.7 Å². The van der Waals surface area contributed by atoms with E-state index >= 15 is 0 Å². The summed E-state index contributed by atoms with van der Waals surface area (Å²) < 4.78 is 10.8. The van der Waals surface area contributed by atoms with Crippen LogP contribution in [0.3, 0.4) is 0 Å². The predicted octanol–water partition coefficient (Wildman–Crippen LogP) is 3.95. The molecule has 0 radical (unpaired) electrons. The maximum absolute atomic E-state index is 12.3. The van der Waals surface area contributed by atoms with Crippen LogP contribution >= 0.6 is 0 Å². The minimum atomic E-state index is -0.495. The van der Waals surface area contributed by atoms with Crippen molar-refractivity contribution in [2.24, 2.45) is 0 Å². The molecule has 0 amide bonds. The number of methoxy groups -OCH3 is 1. The summed E-state index contributed by atoms with van der Waals surface area (Å²) in [5, 5.41) is 0. The van der Waals surface area contributed by atoms with E-state index in [4.69, 9.17) is 9.47 Å². The fraction of sp³-hybridized carbons (Fsp3) is 0.368. The quantitative estimate of drug-likeness (QED) is 0.784. The molecule has 1 unspecified atom stereocenters. The highest BCUT2D eigenvalue weighted by atomic mass is 16.6. The molecular weight excluding hydrogens is 290 g/mol. The van der Waals surface area contributed by atoms with Gasteiger partial charge in [0.1, 0.15) is 11.4 Å². The molecule has 0 spiro atoms. The van der Waals surface area contributed by atoms with E-state index in [1.54, 1.807) is 19.5 Å². The Kier molecular flexibility index (Phi) is 5.37. The Morgan fingerprint density at radius 3 is 2.52 bits per heavy atom. The van der Waals surface area contributed by atoms with Gasteiger partial charge < -0.3 is 9.47 Å². The van der Waals surface area contributed by atoms with Gasteiger partial charge in [-0.15, -0.1) is 0 Å². The zero-order valence-electron chi connectivity index (χ0n) is 14.1. The van der Waals surface area contributed by atoms with Crippen LogP contribution in [0.25, 0.3) is 0 Å². The van der Waals surface area contributed by atoms with Crippen LogP contribution in [0.5, 0.6) is 5.75 Å². The lowest BCUT2D eigenvalue weighted by Crippen LogP contribution is -2.25. The number of rotatable bonds is 5. The Hall–Kier alpha value is -2.36. The first kappa shape index (κ1) is 17.0. The van der Waals surface area contributed by atoms with E-state index in [1.165, 1.54) is 0 Å². The molecule has 1 aromatic heterocycles. The van der Waals surface area contributed by atoms with Crippen LogP contribution in [0.2, 0.25) is 0 Å². The van der Waals surface area contributed by atoms with Gasteiger partial charge in [0.25, 0.3) is 0 Å². The van der Waals surface area contributed by atoms with Crippen molar-refractivity contribution in [1.82, 2.24) is 4.98 Å². The Balaban J connectivity index is 2.31. The van der Waals surface area contributed by atoms with E-state index in [0.29, 0.717) is 0 Å². The predicted molar refractivity (Wildman–Crippen MR) is 89.5 cm³/mol. The molecule has 2 aromatic rings. The van der Waals surface area contributed by atoms with E-state index in [9.17, 15) is 4.79 Å². The van der Waals surface area contributed by atoms with Gasteiger partial charge in [0.15, 0.2) is 0 Å². The van der Waals surface area contributed by atoms with Crippen molar-refractivity contribution in [1.29, 1.82) is 0 Å². The number of carbonyl (C=O) groups is 1. The molecule has 4 nitrogen and oxygen atoms in total. The molecule has 1 aromatic carbocycles. The molecular formula is C19H23NO3. The second kappa shape index (κ2) is 7.27. The molecule has 2 rings (SSSR count). The van der Waals surface area contributed by atoms with Gasteiger partial charge in [-0.1, -0.05) is 18.2 Å². The molecule has 0 aliphatic carbocycles. The largest absolute Gasteiger partial charge is 0.497 e. The number of carbonyl (C=O) groups excluding carboxylic acids is 1. The van der Waals surface area contributed by atoms with Gasteiger partial charge >= 0.3 is 5.97 Å². The third-order valence-corrected chi connectivity index (χ3v) is 3.37. The Morgan fingerprint density at radius 1 is 1.17 bits per heavy atom. The van der Waals surface area contributed by atoms with E-state index in [-0.39, 0.29) is 18.3 Å². The standard InChI is InChI=1S/C19H23NO3/c1-19(2,3)23-18(21)12-17(15-8-6-10-20-13-15)14-7-5-9-16(11-14)22-4/h5-11,13,17H,12H2,1-4H3. The topological polar surface area (TPSA) is 48.4 Å². The van der Waals surface area contributed by atoms with Gasteiger partial charge in [-0.2, -0.15) is 0 Å². The number of aromatic nitrogens is 1. The normalized spacial score (nSPS) is 12.5. The first-order valence-corrected chi connectivity index (χ1v) is 7.65. The van der Waals surface area contributed by atoms with E-state index < -0.39 is 5.60 Å². The summed E-state index contributed by atoms with van der Waals surface area (Å²) in [6.45, 7) is 5.61. The van der Waals surface area contributed by atoms with Crippen LogP contribution in [0.15, 0.2) is 48.8 Å². The monoisotopic (exact) mass is 313 g/mol. The summed E-state index contributed by atoms with van der Waals surface area (Å²) in [5.41, 5.74) is 1.49. The minimum absolute atomic E-state index is 0.117. The molecule has 122 valence electrons. The number of hydrogen-bond acceptors (Lipinski definition) is 4. The van der Waals surface area contributed by atoms with Gasteiger partial charge in [-0.3, -0.25) is 9.78 Å². The van der Waals surface area contributed by atoms with Crippen molar-refractivity contribution in [3.8, 4) is 5.75 Å². The Morgan fingerprint density at radius 2 is 1.91 bits per heavy atom. The smallest absolute Gasteiger partial charge is 0.307 e. The van der Waals surface area contributed by atoms with Gasteiger partial charge in [0, 0.05) is 18.3 Å². The molecule has 0 N–H and O–H groups in total. The van der Waals surface area contributed by atoms with Crippen molar-refractivity contribution in [3.63, 3.8) is 0 Å². The number of benzene rings is 1. The highest BCUT2D eigenvalue weighted by molar-refractivity contribution is 5.72. The Labute approximate surface area is 137 Å². The zero-order chi connectivity index (χ0) is 16.9. The summed E-state index contributed by atoms with van der Waals surface area (Å²) >= 11 is 0. The molecule has 0 saturated carbocycles. The zero-order valence-corrected chi connectivity index (χ0v) is 14.1. The molecule has 0 aliphatic heterocycles. The molecule has 0 fully saturated rings. The second-order valence-electron chi connectivity index (χ2n) is 6.41. The van der Waals surface area contributed by atoms with Crippen LogP contribution in [0, 0.1) is 0 Å². The molecule has 0 bridgehead atoms. The fourth-order valence-electron chi connectivity index (χ4n) is 2.42. The summed E-state index contributed by atoms with van der Waals surface area (Å²) in [5.74, 6) is 0.420. The number of pyridine rings is 1. The lowest BCUT2D eigenvalue weighted by molar-refractivity contribution is -0.155. The number of ether oxygens (including phenoxy) is 2. The molecule has 0 saturated heterocycles.